The van der Waals surface area contributed by atoms with Crippen molar-refractivity contribution < 1.29 is 13.2 Å². The van der Waals surface area contributed by atoms with Crippen LogP contribution in [-0.2, 0) is 27.8 Å². The predicted molar refractivity (Wildman–Crippen MR) is 63.1 cm³/mol. The highest BCUT2D eigenvalue weighted by Crippen LogP contribution is 2.19. The van der Waals surface area contributed by atoms with Crippen LogP contribution in [0.1, 0.15) is 18.2 Å². The smallest absolute Gasteiger partial charge is 0.322 e. The molecule has 1 unspecified atom stereocenters. The third-order valence-electron chi connectivity index (χ3n) is 2.85. The molecule has 0 fully saturated rings. The summed E-state index contributed by atoms with van der Waals surface area (Å²) in [5, 5.41) is 4.00. The molecule has 0 spiro atoms. The summed E-state index contributed by atoms with van der Waals surface area (Å²) in [5.41, 5.74) is 1.70. The highest BCUT2D eigenvalue weighted by molar-refractivity contribution is 7.87. The fourth-order valence-electron chi connectivity index (χ4n) is 1.86. The predicted octanol–water partition coefficient (Wildman–Crippen LogP) is 0.0413. The van der Waals surface area contributed by atoms with E-state index in [4.69, 9.17) is 4.74 Å². The van der Waals surface area contributed by atoms with Crippen molar-refractivity contribution in [3.05, 3.63) is 17.5 Å². The molecule has 96 valence electrons. The quantitative estimate of drug-likeness (QED) is 0.752. The second kappa shape index (κ2) is 4.40. The zero-order valence-corrected chi connectivity index (χ0v) is 11.1. The Kier molecular flexibility index (Phi) is 3.24. The molecule has 1 atom stereocenters. The molecule has 0 aromatic carbocycles. The van der Waals surface area contributed by atoms with E-state index in [1.54, 1.807) is 6.20 Å². The van der Waals surface area contributed by atoms with E-state index < -0.39 is 10.2 Å². The maximum atomic E-state index is 12.1. The second-order valence-corrected chi connectivity index (χ2v) is 6.36. The minimum Gasteiger partial charge on any atom is -0.378 e. The topological polar surface area (TPSA) is 64.4 Å². The summed E-state index contributed by atoms with van der Waals surface area (Å²) in [7, 11) is -0.531. The lowest BCUT2D eigenvalue weighted by molar-refractivity contribution is 0.0735. The summed E-state index contributed by atoms with van der Waals surface area (Å²) in [6.45, 7) is 2.55. The zero-order valence-electron chi connectivity index (χ0n) is 10.3. The lowest BCUT2D eigenvalue weighted by Gasteiger charge is -2.15. The van der Waals surface area contributed by atoms with Gasteiger partial charge in [0.25, 0.3) is 0 Å². The van der Waals surface area contributed by atoms with Crippen LogP contribution in [0.25, 0.3) is 0 Å². The van der Waals surface area contributed by atoms with Gasteiger partial charge in [-0.2, -0.15) is 17.8 Å². The summed E-state index contributed by atoms with van der Waals surface area (Å²) in [4.78, 5) is 0. The minimum absolute atomic E-state index is 0.0177. The maximum absolute atomic E-state index is 12.1. The van der Waals surface area contributed by atoms with Gasteiger partial charge in [-0.3, -0.25) is 0 Å². The Morgan fingerprint density at radius 1 is 1.53 bits per heavy atom. The third kappa shape index (κ3) is 2.22. The molecular weight excluding hydrogens is 242 g/mol. The molecule has 2 rings (SSSR count). The molecule has 1 aliphatic rings. The van der Waals surface area contributed by atoms with Gasteiger partial charge < -0.3 is 4.74 Å². The molecule has 0 aliphatic carbocycles. The Hall–Kier alpha value is -0.920. The number of aromatic nitrogens is 2. The van der Waals surface area contributed by atoms with Crippen LogP contribution in [0.4, 0.5) is 0 Å². The molecule has 0 radical (unpaired) electrons. The average molecular weight is 259 g/mol. The second-order valence-electron chi connectivity index (χ2n) is 4.39. The molecule has 0 saturated carbocycles. The number of hydrogen-bond acceptors (Lipinski definition) is 4. The van der Waals surface area contributed by atoms with E-state index in [1.807, 2.05) is 6.92 Å². The normalized spacial score (nSPS) is 21.3. The molecule has 17 heavy (non-hydrogen) atoms. The molecule has 2 heterocycles. The van der Waals surface area contributed by atoms with Crippen molar-refractivity contribution in [3.8, 4) is 0 Å². The molecule has 1 aromatic heterocycles. The average Bonchev–Trinajstić information content (AvgIpc) is 2.53. The van der Waals surface area contributed by atoms with Gasteiger partial charge in [-0.15, -0.1) is 4.09 Å². The van der Waals surface area contributed by atoms with Crippen LogP contribution in [-0.4, -0.2) is 48.7 Å². The Labute approximate surface area is 101 Å². The first-order chi connectivity index (χ1) is 7.93. The third-order valence-corrected chi connectivity index (χ3v) is 4.53. The van der Waals surface area contributed by atoms with Crippen molar-refractivity contribution in [2.45, 2.75) is 25.9 Å². The van der Waals surface area contributed by atoms with Crippen molar-refractivity contribution in [2.75, 3.05) is 20.7 Å². The summed E-state index contributed by atoms with van der Waals surface area (Å²) in [6.07, 6.45) is 2.92. The van der Waals surface area contributed by atoms with Crippen molar-refractivity contribution in [1.82, 2.24) is 13.5 Å². The summed E-state index contributed by atoms with van der Waals surface area (Å²) in [6, 6.07) is 0. The van der Waals surface area contributed by atoms with Gasteiger partial charge in [0.15, 0.2) is 0 Å². The van der Waals surface area contributed by atoms with Gasteiger partial charge in [-0.1, -0.05) is 0 Å². The molecule has 1 aromatic rings. The van der Waals surface area contributed by atoms with Gasteiger partial charge in [-0.25, -0.2) is 0 Å². The van der Waals surface area contributed by atoms with Crippen LogP contribution in [0.2, 0.25) is 0 Å². The van der Waals surface area contributed by atoms with E-state index >= 15 is 0 Å². The first kappa shape index (κ1) is 12.5. The van der Waals surface area contributed by atoms with Crippen molar-refractivity contribution in [3.63, 3.8) is 0 Å². The van der Waals surface area contributed by atoms with E-state index in [0.29, 0.717) is 19.4 Å². The van der Waals surface area contributed by atoms with Crippen LogP contribution in [0, 0.1) is 0 Å². The van der Waals surface area contributed by atoms with E-state index in [0.717, 1.165) is 19.6 Å². The van der Waals surface area contributed by atoms with E-state index in [-0.39, 0.29) is 6.10 Å². The lowest BCUT2D eigenvalue weighted by Crippen LogP contribution is -2.31. The van der Waals surface area contributed by atoms with Crippen LogP contribution >= 0.6 is 0 Å². The van der Waals surface area contributed by atoms with Gasteiger partial charge in [0.2, 0.25) is 0 Å². The SMILES string of the molecule is CC1Cc2c(cnn2S(=O)(=O)N(C)C)CCO1. The highest BCUT2D eigenvalue weighted by Gasteiger charge is 2.26. The monoisotopic (exact) mass is 259 g/mol. The molecule has 7 heteroatoms. The van der Waals surface area contributed by atoms with Crippen molar-refractivity contribution in [2.24, 2.45) is 0 Å². The van der Waals surface area contributed by atoms with E-state index in [9.17, 15) is 8.42 Å². The highest BCUT2D eigenvalue weighted by atomic mass is 32.2. The molecular formula is C10H17N3O3S. The molecule has 6 nitrogen and oxygen atoms in total. The van der Waals surface area contributed by atoms with E-state index in [2.05, 4.69) is 5.10 Å². The van der Waals surface area contributed by atoms with Gasteiger partial charge >= 0.3 is 10.2 Å². The number of fused-ring (bicyclic) bond motifs is 1. The maximum Gasteiger partial charge on any atom is 0.322 e. The molecule has 0 saturated heterocycles. The lowest BCUT2D eigenvalue weighted by atomic mass is 10.1. The fraction of sp³-hybridized carbons (Fsp3) is 0.700. The van der Waals surface area contributed by atoms with Gasteiger partial charge in [0, 0.05) is 20.5 Å². The molecule has 1 aliphatic heterocycles. The first-order valence-electron chi connectivity index (χ1n) is 5.53. The Morgan fingerprint density at radius 2 is 2.24 bits per heavy atom. The van der Waals surface area contributed by atoms with E-state index in [1.165, 1.54) is 14.1 Å². The molecule has 0 amide bonds. The minimum atomic E-state index is -3.53. The first-order valence-corrected chi connectivity index (χ1v) is 6.93. The Bertz CT molecular complexity index is 507. The summed E-state index contributed by atoms with van der Waals surface area (Å²) >= 11 is 0. The number of ether oxygens (including phenoxy) is 1. The standard InChI is InChI=1S/C10H17N3O3S/c1-8-6-10-9(4-5-16-8)7-11-13(10)17(14,15)12(2)3/h7-8H,4-6H2,1-3H3. The number of rotatable bonds is 2. The number of nitrogens with zero attached hydrogens (tertiary/aromatic N) is 3. The zero-order chi connectivity index (χ0) is 12.6. The van der Waals surface area contributed by atoms with Crippen LogP contribution in [0.5, 0.6) is 0 Å². The van der Waals surface area contributed by atoms with Crippen LogP contribution in [0.15, 0.2) is 6.20 Å². The fourth-order valence-corrected chi connectivity index (χ4v) is 2.81. The van der Waals surface area contributed by atoms with Gasteiger partial charge in [0.05, 0.1) is 24.6 Å². The van der Waals surface area contributed by atoms with Gasteiger partial charge in [-0.05, 0) is 18.9 Å². The van der Waals surface area contributed by atoms with Gasteiger partial charge in [0.1, 0.15) is 0 Å². The largest absolute Gasteiger partial charge is 0.378 e. The summed E-state index contributed by atoms with van der Waals surface area (Å²) in [5.74, 6) is 0. The van der Waals surface area contributed by atoms with Crippen molar-refractivity contribution >= 4 is 10.2 Å². The molecule has 0 bridgehead atoms. The molecule has 0 N–H and O–H groups in total. The van der Waals surface area contributed by atoms with Crippen molar-refractivity contribution in [1.29, 1.82) is 0 Å². The van der Waals surface area contributed by atoms with Crippen LogP contribution < -0.4 is 0 Å². The van der Waals surface area contributed by atoms with Crippen LogP contribution in [0.3, 0.4) is 0 Å². The number of hydrogen-bond donors (Lipinski definition) is 0. The summed E-state index contributed by atoms with van der Waals surface area (Å²) < 4.78 is 31.9. The Morgan fingerprint density at radius 3 is 2.88 bits per heavy atom. The Balaban J connectivity index is 2.48.